The Hall–Kier alpha value is -1.82. The number of benzene rings is 2. The first-order valence-corrected chi connectivity index (χ1v) is 8.72. The Bertz CT molecular complexity index is 750. The van der Waals surface area contributed by atoms with E-state index in [0.29, 0.717) is 5.92 Å². The van der Waals surface area contributed by atoms with Gasteiger partial charge in [0.1, 0.15) is 0 Å². The molecule has 0 heterocycles. The molecule has 0 spiro atoms. The topological polar surface area (TPSA) is 0 Å². The van der Waals surface area contributed by atoms with Crippen LogP contribution in [-0.4, -0.2) is 0 Å². The lowest BCUT2D eigenvalue weighted by Crippen LogP contribution is -2.10. The second-order valence-electron chi connectivity index (χ2n) is 8.15. The van der Waals surface area contributed by atoms with Crippen LogP contribution in [0.25, 0.3) is 16.7 Å². The van der Waals surface area contributed by atoms with Crippen molar-refractivity contribution in [2.75, 3.05) is 0 Å². The second-order valence-corrected chi connectivity index (χ2v) is 8.15. The molecule has 0 heteroatoms. The van der Waals surface area contributed by atoms with Crippen LogP contribution in [0.1, 0.15) is 58.2 Å². The van der Waals surface area contributed by atoms with Crippen molar-refractivity contribution in [3.05, 3.63) is 64.7 Å². The molecule has 0 aromatic heterocycles. The highest BCUT2D eigenvalue weighted by atomic mass is 14.3. The van der Waals surface area contributed by atoms with Gasteiger partial charge in [0.05, 0.1) is 0 Å². The number of allylic oxidation sites excluding steroid dienone is 2. The van der Waals surface area contributed by atoms with E-state index in [4.69, 9.17) is 0 Å². The Morgan fingerprint density at radius 2 is 1.57 bits per heavy atom. The van der Waals surface area contributed by atoms with Crippen LogP contribution in [0, 0.1) is 5.92 Å². The fourth-order valence-electron chi connectivity index (χ4n) is 3.72. The molecular weight excluding hydrogens is 276 g/mol. The lowest BCUT2D eigenvalue weighted by molar-refractivity contribution is 0.590. The van der Waals surface area contributed by atoms with Gasteiger partial charge in [-0.1, -0.05) is 82.7 Å². The smallest absolute Gasteiger partial charge is 0.00523 e. The van der Waals surface area contributed by atoms with E-state index in [1.807, 2.05) is 0 Å². The maximum Gasteiger partial charge on any atom is -0.00523 e. The summed E-state index contributed by atoms with van der Waals surface area (Å²) in [6, 6.07) is 15.9. The fraction of sp³-hybridized carbons (Fsp3) is 0.391. The zero-order chi connectivity index (χ0) is 16.8. The molecule has 3 rings (SSSR count). The molecular formula is C23H28. The Morgan fingerprint density at radius 3 is 2.13 bits per heavy atom. The number of hydrogen-bond acceptors (Lipinski definition) is 0. The van der Waals surface area contributed by atoms with Gasteiger partial charge in [-0.3, -0.25) is 0 Å². The van der Waals surface area contributed by atoms with Crippen LogP contribution in [0.4, 0.5) is 0 Å². The van der Waals surface area contributed by atoms with E-state index >= 15 is 0 Å². The van der Waals surface area contributed by atoms with E-state index in [9.17, 15) is 0 Å². The molecule has 1 aliphatic rings. The summed E-state index contributed by atoms with van der Waals surface area (Å²) in [6.07, 6.45) is 1.12. The van der Waals surface area contributed by atoms with Crippen LogP contribution in [-0.2, 0) is 11.8 Å². The van der Waals surface area contributed by atoms with Crippen LogP contribution in [0.5, 0.6) is 0 Å². The van der Waals surface area contributed by atoms with Crippen molar-refractivity contribution in [1.82, 2.24) is 0 Å². The molecule has 120 valence electrons. The molecule has 0 radical (unpaired) electrons. The van der Waals surface area contributed by atoms with Gasteiger partial charge in [0.2, 0.25) is 0 Å². The van der Waals surface area contributed by atoms with E-state index in [1.54, 1.807) is 5.57 Å². The molecule has 0 aliphatic heterocycles. The second kappa shape index (κ2) is 5.67. The zero-order valence-corrected chi connectivity index (χ0v) is 15.3. The van der Waals surface area contributed by atoms with Crippen LogP contribution >= 0.6 is 0 Å². The van der Waals surface area contributed by atoms with E-state index in [0.717, 1.165) is 6.42 Å². The van der Waals surface area contributed by atoms with Gasteiger partial charge < -0.3 is 0 Å². The Morgan fingerprint density at radius 1 is 0.913 bits per heavy atom. The van der Waals surface area contributed by atoms with Gasteiger partial charge in [-0.15, -0.1) is 0 Å². The van der Waals surface area contributed by atoms with Gasteiger partial charge in [0.25, 0.3) is 0 Å². The minimum absolute atomic E-state index is 0.206. The Balaban J connectivity index is 2.08. The summed E-state index contributed by atoms with van der Waals surface area (Å²) in [6.45, 7) is 13.7. The number of hydrogen-bond donors (Lipinski definition) is 0. The lowest BCUT2D eigenvalue weighted by Gasteiger charge is -2.19. The average molecular weight is 304 g/mol. The van der Waals surface area contributed by atoms with Crippen LogP contribution < -0.4 is 0 Å². The van der Waals surface area contributed by atoms with Crippen molar-refractivity contribution >= 4 is 5.57 Å². The Kier molecular flexibility index (Phi) is 3.96. The number of rotatable bonds is 2. The summed E-state index contributed by atoms with van der Waals surface area (Å²) < 4.78 is 0. The molecule has 0 amide bonds. The fourth-order valence-corrected chi connectivity index (χ4v) is 3.72. The molecule has 0 saturated heterocycles. The molecule has 0 nitrogen and oxygen atoms in total. The molecule has 0 unspecified atom stereocenters. The minimum atomic E-state index is 0.206. The SMILES string of the molecule is CC1=C(C(C)C)Cc2cccc(-c3ccc(C(C)(C)C)cc3)c21. The summed E-state index contributed by atoms with van der Waals surface area (Å²) in [4.78, 5) is 0. The quantitative estimate of drug-likeness (QED) is 0.583. The molecule has 1 aliphatic carbocycles. The molecule has 2 aromatic rings. The molecule has 2 aromatic carbocycles. The summed E-state index contributed by atoms with van der Waals surface area (Å²) in [7, 11) is 0. The van der Waals surface area contributed by atoms with E-state index in [2.05, 4.69) is 84.0 Å². The van der Waals surface area contributed by atoms with E-state index < -0.39 is 0 Å². The van der Waals surface area contributed by atoms with Crippen LogP contribution in [0.2, 0.25) is 0 Å². The highest BCUT2D eigenvalue weighted by Gasteiger charge is 2.23. The van der Waals surface area contributed by atoms with Gasteiger partial charge in [-0.2, -0.15) is 0 Å². The predicted octanol–water partition coefficient (Wildman–Crippen LogP) is 6.64. The molecule has 0 bridgehead atoms. The molecule has 0 saturated carbocycles. The Labute approximate surface area is 141 Å². The largest absolute Gasteiger partial charge is 0.0613 e. The molecule has 23 heavy (non-hydrogen) atoms. The standard InChI is InChI=1S/C23H28/c1-15(2)21-14-18-8-7-9-20(22(18)16(21)3)17-10-12-19(13-11-17)23(4,5)6/h7-13,15H,14H2,1-6H3. The van der Waals surface area contributed by atoms with Gasteiger partial charge >= 0.3 is 0 Å². The van der Waals surface area contributed by atoms with E-state index in [1.165, 1.54) is 33.4 Å². The highest BCUT2D eigenvalue weighted by Crippen LogP contribution is 2.41. The third kappa shape index (κ3) is 2.87. The highest BCUT2D eigenvalue weighted by molar-refractivity contribution is 5.87. The van der Waals surface area contributed by atoms with Gasteiger partial charge in [0.15, 0.2) is 0 Å². The van der Waals surface area contributed by atoms with Gasteiger partial charge in [0, 0.05) is 0 Å². The van der Waals surface area contributed by atoms with Crippen LogP contribution in [0.3, 0.4) is 0 Å². The first-order chi connectivity index (χ1) is 10.8. The average Bonchev–Trinajstić information content (AvgIpc) is 2.84. The normalized spacial score (nSPS) is 14.6. The molecule has 0 atom stereocenters. The van der Waals surface area contributed by atoms with Crippen molar-refractivity contribution in [3.63, 3.8) is 0 Å². The van der Waals surface area contributed by atoms with Crippen molar-refractivity contribution < 1.29 is 0 Å². The third-order valence-electron chi connectivity index (χ3n) is 5.15. The molecule has 0 N–H and O–H groups in total. The maximum absolute atomic E-state index is 2.31. The van der Waals surface area contributed by atoms with Gasteiger partial charge in [-0.25, -0.2) is 0 Å². The van der Waals surface area contributed by atoms with Crippen molar-refractivity contribution in [2.45, 2.75) is 53.4 Å². The minimum Gasteiger partial charge on any atom is -0.0613 e. The van der Waals surface area contributed by atoms with Crippen molar-refractivity contribution in [3.8, 4) is 11.1 Å². The van der Waals surface area contributed by atoms with Crippen molar-refractivity contribution in [1.29, 1.82) is 0 Å². The zero-order valence-electron chi connectivity index (χ0n) is 15.3. The first-order valence-electron chi connectivity index (χ1n) is 8.72. The summed E-state index contributed by atoms with van der Waals surface area (Å²) in [5, 5.41) is 0. The van der Waals surface area contributed by atoms with Crippen LogP contribution in [0.15, 0.2) is 48.0 Å². The first kappa shape index (κ1) is 16.1. The summed E-state index contributed by atoms with van der Waals surface area (Å²) in [5.41, 5.74) is 10.4. The van der Waals surface area contributed by atoms with Crippen molar-refractivity contribution in [2.24, 2.45) is 5.92 Å². The lowest BCUT2D eigenvalue weighted by atomic mass is 9.85. The summed E-state index contributed by atoms with van der Waals surface area (Å²) >= 11 is 0. The predicted molar refractivity (Wildman–Crippen MR) is 102 cm³/mol. The van der Waals surface area contributed by atoms with Gasteiger partial charge in [-0.05, 0) is 58.1 Å². The maximum atomic E-state index is 2.31. The third-order valence-corrected chi connectivity index (χ3v) is 5.15. The molecule has 0 fully saturated rings. The number of fused-ring (bicyclic) bond motifs is 1. The van der Waals surface area contributed by atoms with E-state index in [-0.39, 0.29) is 5.41 Å². The monoisotopic (exact) mass is 304 g/mol. The summed E-state index contributed by atoms with van der Waals surface area (Å²) in [5.74, 6) is 0.624.